The summed E-state index contributed by atoms with van der Waals surface area (Å²) in [7, 11) is 0. The Balaban J connectivity index is 1.42. The van der Waals surface area contributed by atoms with Gasteiger partial charge in [-0.05, 0) is 79.6 Å². The van der Waals surface area contributed by atoms with Crippen LogP contribution in [-0.2, 0) is 9.53 Å². The molecule has 3 aromatic carbocycles. The first-order chi connectivity index (χ1) is 19.5. The van der Waals surface area contributed by atoms with Gasteiger partial charge in [-0.1, -0.05) is 70.4 Å². The highest BCUT2D eigenvalue weighted by molar-refractivity contribution is 5.92. The Hall–Kier alpha value is -3.38. The molecular formula is C34H44O6. The predicted molar refractivity (Wildman–Crippen MR) is 159 cm³/mol. The second-order valence-corrected chi connectivity index (χ2v) is 10.2. The lowest BCUT2D eigenvalue weighted by Gasteiger charge is -2.12. The summed E-state index contributed by atoms with van der Waals surface area (Å²) in [6.45, 7) is 7.48. The number of carbonyl (C=O) groups excluding carboxylic acids is 2. The first-order valence-corrected chi connectivity index (χ1v) is 14.8. The summed E-state index contributed by atoms with van der Waals surface area (Å²) in [6, 6.07) is 17.8. The molecule has 0 saturated heterocycles. The van der Waals surface area contributed by atoms with E-state index in [1.165, 1.54) is 51.4 Å². The van der Waals surface area contributed by atoms with E-state index >= 15 is 0 Å². The van der Waals surface area contributed by atoms with Gasteiger partial charge >= 0.3 is 11.9 Å². The molecule has 6 nitrogen and oxygen atoms in total. The van der Waals surface area contributed by atoms with Gasteiger partial charge in [0.05, 0.1) is 24.7 Å². The Bertz CT molecular complexity index is 1190. The fraction of sp³-hybridized carbons (Fsp3) is 0.471. The van der Waals surface area contributed by atoms with Crippen molar-refractivity contribution in [1.82, 2.24) is 0 Å². The second-order valence-electron chi connectivity index (χ2n) is 10.2. The molecule has 0 aromatic heterocycles. The van der Waals surface area contributed by atoms with Crippen LogP contribution in [0.4, 0.5) is 0 Å². The van der Waals surface area contributed by atoms with Gasteiger partial charge in [-0.25, -0.2) is 4.79 Å². The van der Waals surface area contributed by atoms with Crippen molar-refractivity contribution >= 4 is 22.7 Å². The summed E-state index contributed by atoms with van der Waals surface area (Å²) >= 11 is 0. The largest absolute Gasteiger partial charge is 0.494 e. The van der Waals surface area contributed by atoms with Gasteiger partial charge in [0.25, 0.3) is 0 Å². The molecule has 0 aliphatic carbocycles. The number of hydrogen-bond acceptors (Lipinski definition) is 6. The molecule has 3 aromatic rings. The summed E-state index contributed by atoms with van der Waals surface area (Å²) in [5, 5.41) is 1.74. The van der Waals surface area contributed by atoms with E-state index in [4.69, 9.17) is 18.9 Å². The molecule has 0 aliphatic rings. The number of benzene rings is 3. The maximum Gasteiger partial charge on any atom is 0.343 e. The van der Waals surface area contributed by atoms with Crippen molar-refractivity contribution in [1.29, 1.82) is 0 Å². The number of esters is 2. The molecule has 0 aliphatic heterocycles. The number of unbranched alkanes of at least 4 members (excludes halogenated alkanes) is 8. The van der Waals surface area contributed by atoms with Gasteiger partial charge in [0.15, 0.2) is 0 Å². The third-order valence-electron chi connectivity index (χ3n) is 6.79. The van der Waals surface area contributed by atoms with Crippen LogP contribution >= 0.6 is 0 Å². The SMILES string of the molecule is CCCCCCCCCCCOc1ccc(C(=O)Oc2ccc3cc(OC(=O)[C@H](C)COCC)ccc3c2)cc1. The van der Waals surface area contributed by atoms with Gasteiger partial charge < -0.3 is 18.9 Å². The predicted octanol–water partition coefficient (Wildman–Crippen LogP) is 8.55. The third kappa shape index (κ3) is 10.6. The van der Waals surface area contributed by atoms with Crippen LogP contribution in [0.2, 0.25) is 0 Å². The molecule has 0 amide bonds. The molecule has 1 atom stereocenters. The van der Waals surface area contributed by atoms with Crippen molar-refractivity contribution in [3.8, 4) is 17.2 Å². The number of rotatable bonds is 18. The first kappa shape index (κ1) is 31.2. The summed E-state index contributed by atoms with van der Waals surface area (Å²) in [5.41, 5.74) is 0.457. The topological polar surface area (TPSA) is 71.1 Å². The van der Waals surface area contributed by atoms with E-state index in [1.807, 2.05) is 31.2 Å². The van der Waals surface area contributed by atoms with Crippen LogP contribution in [-0.4, -0.2) is 31.8 Å². The zero-order chi connectivity index (χ0) is 28.6. The number of ether oxygens (including phenoxy) is 4. The Morgan fingerprint density at radius 2 is 1.23 bits per heavy atom. The summed E-state index contributed by atoms with van der Waals surface area (Å²) in [6.07, 6.45) is 11.5. The molecule has 0 fully saturated rings. The van der Waals surface area contributed by atoms with Gasteiger partial charge in [0.2, 0.25) is 0 Å². The van der Waals surface area contributed by atoms with Crippen molar-refractivity contribution in [3.05, 3.63) is 66.2 Å². The second kappa shape index (κ2) is 17.3. The van der Waals surface area contributed by atoms with Crippen LogP contribution in [0.15, 0.2) is 60.7 Å². The Kier molecular flexibility index (Phi) is 13.5. The standard InChI is InChI=1S/C34H44O6/c1-4-6-7-8-9-10-11-12-13-22-38-30-18-14-27(15-19-30)34(36)40-32-21-17-28-23-31(20-16-29(28)24-32)39-33(35)26(3)25-37-5-2/h14-21,23-24,26H,4-13,22,25H2,1-3H3/t26-/m1/s1. The van der Waals surface area contributed by atoms with Gasteiger partial charge in [-0.2, -0.15) is 0 Å². The number of hydrogen-bond donors (Lipinski definition) is 0. The average Bonchev–Trinajstić information content (AvgIpc) is 2.97. The van der Waals surface area contributed by atoms with Crippen molar-refractivity contribution < 1.29 is 28.5 Å². The minimum Gasteiger partial charge on any atom is -0.494 e. The Morgan fingerprint density at radius 3 is 1.82 bits per heavy atom. The smallest absolute Gasteiger partial charge is 0.343 e. The normalized spacial score (nSPS) is 11.8. The van der Waals surface area contributed by atoms with Crippen molar-refractivity contribution in [2.24, 2.45) is 5.92 Å². The minimum absolute atomic E-state index is 0.326. The summed E-state index contributed by atoms with van der Waals surface area (Å²) < 4.78 is 22.2. The molecule has 216 valence electrons. The maximum atomic E-state index is 12.7. The van der Waals surface area contributed by atoms with Gasteiger partial charge in [0, 0.05) is 6.61 Å². The fourth-order valence-corrected chi connectivity index (χ4v) is 4.36. The van der Waals surface area contributed by atoms with Crippen LogP contribution in [0, 0.1) is 5.92 Å². The molecular weight excluding hydrogens is 504 g/mol. The van der Waals surface area contributed by atoms with E-state index in [2.05, 4.69) is 6.92 Å². The number of fused-ring (bicyclic) bond motifs is 1. The summed E-state index contributed by atoms with van der Waals surface area (Å²) in [5.74, 6) is 0.546. The average molecular weight is 549 g/mol. The molecule has 0 unspecified atom stereocenters. The lowest BCUT2D eigenvalue weighted by Crippen LogP contribution is -2.22. The van der Waals surface area contributed by atoms with E-state index in [1.54, 1.807) is 43.3 Å². The molecule has 0 N–H and O–H groups in total. The highest BCUT2D eigenvalue weighted by Crippen LogP contribution is 2.26. The van der Waals surface area contributed by atoms with Gasteiger partial charge in [-0.3, -0.25) is 4.79 Å². The quantitative estimate of drug-likeness (QED) is 0.0901. The van der Waals surface area contributed by atoms with E-state index in [0.29, 0.717) is 36.9 Å². The van der Waals surface area contributed by atoms with Crippen molar-refractivity contribution in [2.45, 2.75) is 78.6 Å². The highest BCUT2D eigenvalue weighted by Gasteiger charge is 2.16. The third-order valence-corrected chi connectivity index (χ3v) is 6.79. The molecule has 0 spiro atoms. The Labute approximate surface area is 239 Å². The highest BCUT2D eigenvalue weighted by atomic mass is 16.5. The molecule has 6 heteroatoms. The molecule has 40 heavy (non-hydrogen) atoms. The molecule has 0 bridgehead atoms. The van der Waals surface area contributed by atoms with Crippen LogP contribution in [0.25, 0.3) is 10.8 Å². The van der Waals surface area contributed by atoms with E-state index in [9.17, 15) is 9.59 Å². The molecule has 3 rings (SSSR count). The van der Waals surface area contributed by atoms with Crippen LogP contribution in [0.1, 0.15) is 88.9 Å². The van der Waals surface area contributed by atoms with Crippen LogP contribution in [0.3, 0.4) is 0 Å². The van der Waals surface area contributed by atoms with Gasteiger partial charge in [-0.15, -0.1) is 0 Å². The van der Waals surface area contributed by atoms with Gasteiger partial charge in [0.1, 0.15) is 17.2 Å². The zero-order valence-electron chi connectivity index (χ0n) is 24.3. The monoisotopic (exact) mass is 548 g/mol. The molecule has 0 heterocycles. The van der Waals surface area contributed by atoms with Crippen molar-refractivity contribution in [2.75, 3.05) is 19.8 Å². The number of carbonyl (C=O) groups is 2. The zero-order valence-corrected chi connectivity index (χ0v) is 24.3. The molecule has 0 saturated carbocycles. The maximum absolute atomic E-state index is 12.7. The fourth-order valence-electron chi connectivity index (χ4n) is 4.36. The van der Waals surface area contributed by atoms with Crippen molar-refractivity contribution in [3.63, 3.8) is 0 Å². The lowest BCUT2D eigenvalue weighted by molar-refractivity contribution is -0.140. The van der Waals surface area contributed by atoms with E-state index < -0.39 is 5.97 Å². The molecule has 0 radical (unpaired) electrons. The summed E-state index contributed by atoms with van der Waals surface area (Å²) in [4.78, 5) is 24.9. The first-order valence-electron chi connectivity index (χ1n) is 14.8. The van der Waals surface area contributed by atoms with Crippen LogP contribution < -0.4 is 14.2 Å². The lowest BCUT2D eigenvalue weighted by atomic mass is 10.1. The van der Waals surface area contributed by atoms with Crippen LogP contribution in [0.5, 0.6) is 17.2 Å². The Morgan fingerprint density at radius 1 is 0.675 bits per heavy atom. The minimum atomic E-state index is -0.432. The van der Waals surface area contributed by atoms with E-state index in [0.717, 1.165) is 22.9 Å². The van der Waals surface area contributed by atoms with E-state index in [-0.39, 0.29) is 11.9 Å².